The Hall–Kier alpha value is -1.90. The highest BCUT2D eigenvalue weighted by Crippen LogP contribution is 2.23. The Morgan fingerprint density at radius 3 is 2.60 bits per heavy atom. The zero-order chi connectivity index (χ0) is 11.0. The van der Waals surface area contributed by atoms with Crippen molar-refractivity contribution >= 4 is 11.6 Å². The Balaban J connectivity index is 2.67. The molecule has 3 nitrogen and oxygen atoms in total. The highest BCUT2D eigenvalue weighted by atomic mass is 16.5. The number of allylic oxidation sites excluding steroid dienone is 2. The topological polar surface area (TPSA) is 43.4 Å². The molecule has 0 aromatic heterocycles. The minimum absolute atomic E-state index is 0.109. The van der Waals surface area contributed by atoms with Gasteiger partial charge in [0.15, 0.2) is 11.5 Å². The zero-order valence-corrected chi connectivity index (χ0v) is 8.53. The molecule has 0 radical (unpaired) electrons. The van der Waals surface area contributed by atoms with Gasteiger partial charge in [-0.2, -0.15) is 0 Å². The largest absolute Gasteiger partial charge is 0.492 e. The van der Waals surface area contributed by atoms with Gasteiger partial charge in [-0.3, -0.25) is 9.59 Å². The van der Waals surface area contributed by atoms with Crippen LogP contribution in [0.2, 0.25) is 0 Å². The van der Waals surface area contributed by atoms with Gasteiger partial charge < -0.3 is 4.74 Å². The van der Waals surface area contributed by atoms with Gasteiger partial charge in [0.2, 0.25) is 5.78 Å². The van der Waals surface area contributed by atoms with Crippen LogP contribution in [0.25, 0.3) is 0 Å². The molecule has 0 spiro atoms. The van der Waals surface area contributed by atoms with Gasteiger partial charge in [-0.1, -0.05) is 18.2 Å². The summed E-state index contributed by atoms with van der Waals surface area (Å²) < 4.78 is 4.86. The van der Waals surface area contributed by atoms with Crippen molar-refractivity contribution in [1.29, 1.82) is 0 Å². The molecule has 0 saturated heterocycles. The Morgan fingerprint density at radius 1 is 1.20 bits per heavy atom. The summed E-state index contributed by atoms with van der Waals surface area (Å²) in [6.45, 7) is 1.82. The quantitative estimate of drug-likeness (QED) is 0.698. The molecule has 76 valence electrons. The summed E-state index contributed by atoms with van der Waals surface area (Å²) in [6, 6.07) is 5.22. The number of carbonyl (C=O) groups excluding carboxylic acids is 2. The molecule has 0 N–H and O–H groups in total. The van der Waals surface area contributed by atoms with E-state index in [2.05, 4.69) is 0 Å². The molecule has 1 aromatic carbocycles. The second-order valence-electron chi connectivity index (χ2n) is 3.40. The molecule has 15 heavy (non-hydrogen) atoms. The molecule has 0 bridgehead atoms. The van der Waals surface area contributed by atoms with Crippen molar-refractivity contribution < 1.29 is 14.3 Å². The minimum atomic E-state index is -0.226. The second kappa shape index (κ2) is 3.35. The Kier molecular flexibility index (Phi) is 2.15. The summed E-state index contributed by atoms with van der Waals surface area (Å²) in [4.78, 5) is 23.5. The SMILES string of the molecule is COC1=CC(=O)c2c(C)cccc2C1=O. The summed E-state index contributed by atoms with van der Waals surface area (Å²) in [5.74, 6) is -0.284. The number of ketones is 2. The molecule has 1 aliphatic carbocycles. The molecule has 0 aliphatic heterocycles. The number of carbonyl (C=O) groups is 2. The Morgan fingerprint density at radius 2 is 1.93 bits per heavy atom. The van der Waals surface area contributed by atoms with Gasteiger partial charge in [0, 0.05) is 17.2 Å². The monoisotopic (exact) mass is 202 g/mol. The van der Waals surface area contributed by atoms with Crippen molar-refractivity contribution in [2.75, 3.05) is 7.11 Å². The first-order valence-corrected chi connectivity index (χ1v) is 4.59. The van der Waals surface area contributed by atoms with Crippen molar-refractivity contribution in [2.24, 2.45) is 0 Å². The molecule has 0 unspecified atom stereocenters. The number of hydrogen-bond donors (Lipinski definition) is 0. The smallest absolute Gasteiger partial charge is 0.228 e. The Labute approximate surface area is 87.4 Å². The fourth-order valence-corrected chi connectivity index (χ4v) is 1.73. The van der Waals surface area contributed by atoms with E-state index in [4.69, 9.17) is 4.74 Å². The summed E-state index contributed by atoms with van der Waals surface area (Å²) in [5.41, 5.74) is 1.74. The minimum Gasteiger partial charge on any atom is -0.492 e. The molecular weight excluding hydrogens is 192 g/mol. The number of methoxy groups -OCH3 is 1. The van der Waals surface area contributed by atoms with Crippen molar-refractivity contribution in [3.05, 3.63) is 46.7 Å². The maximum Gasteiger partial charge on any atom is 0.228 e. The number of hydrogen-bond acceptors (Lipinski definition) is 3. The van der Waals surface area contributed by atoms with Crippen molar-refractivity contribution in [1.82, 2.24) is 0 Å². The fraction of sp³-hybridized carbons (Fsp3) is 0.167. The van der Waals surface area contributed by atoms with E-state index in [1.54, 1.807) is 12.1 Å². The summed E-state index contributed by atoms with van der Waals surface area (Å²) in [7, 11) is 1.39. The van der Waals surface area contributed by atoms with E-state index in [0.29, 0.717) is 11.1 Å². The lowest BCUT2D eigenvalue weighted by molar-refractivity contribution is 0.0916. The van der Waals surface area contributed by atoms with Gasteiger partial charge in [-0.15, -0.1) is 0 Å². The molecule has 1 aromatic rings. The van der Waals surface area contributed by atoms with Gasteiger partial charge in [0.1, 0.15) is 0 Å². The van der Waals surface area contributed by atoms with Crippen LogP contribution >= 0.6 is 0 Å². The first kappa shape index (κ1) is 9.65. The molecule has 0 saturated carbocycles. The number of ether oxygens (including phenoxy) is 1. The van der Waals surface area contributed by atoms with Crippen LogP contribution < -0.4 is 0 Å². The highest BCUT2D eigenvalue weighted by molar-refractivity contribution is 6.24. The van der Waals surface area contributed by atoms with Crippen molar-refractivity contribution in [3.8, 4) is 0 Å². The average molecular weight is 202 g/mol. The molecule has 0 atom stereocenters. The molecule has 1 aliphatic rings. The molecule has 3 heteroatoms. The number of rotatable bonds is 1. The number of fused-ring (bicyclic) bond motifs is 1. The standard InChI is InChI=1S/C12H10O3/c1-7-4-3-5-8-11(7)9(13)6-10(15-2)12(8)14/h3-6H,1-2H3. The zero-order valence-electron chi connectivity index (χ0n) is 8.53. The van der Waals surface area contributed by atoms with Crippen LogP contribution in [0.15, 0.2) is 30.0 Å². The predicted molar refractivity (Wildman–Crippen MR) is 54.9 cm³/mol. The molecule has 0 heterocycles. The normalized spacial score (nSPS) is 14.7. The molecule has 2 rings (SSSR count). The summed E-state index contributed by atoms with van der Waals surface area (Å²) >= 11 is 0. The van der Waals surface area contributed by atoms with Crippen molar-refractivity contribution in [2.45, 2.75) is 6.92 Å². The maximum atomic E-state index is 11.8. The summed E-state index contributed by atoms with van der Waals surface area (Å²) in [5, 5.41) is 0. The van der Waals surface area contributed by atoms with E-state index >= 15 is 0 Å². The van der Waals surface area contributed by atoms with E-state index in [1.165, 1.54) is 13.2 Å². The first-order chi connectivity index (χ1) is 7.15. The van der Waals surface area contributed by atoms with Gasteiger partial charge in [-0.05, 0) is 12.5 Å². The number of Topliss-reactive ketones (excluding diaryl/α,β-unsaturated/α-hetero) is 1. The van der Waals surface area contributed by atoms with E-state index in [-0.39, 0.29) is 17.3 Å². The third kappa shape index (κ3) is 1.36. The van der Waals surface area contributed by atoms with Crippen LogP contribution in [0, 0.1) is 6.92 Å². The predicted octanol–water partition coefficient (Wildman–Crippen LogP) is 1.90. The van der Waals surface area contributed by atoms with Crippen LogP contribution in [-0.2, 0) is 4.74 Å². The van der Waals surface area contributed by atoms with Crippen molar-refractivity contribution in [3.63, 3.8) is 0 Å². The van der Waals surface area contributed by atoms with Gasteiger partial charge in [-0.25, -0.2) is 0 Å². The lowest BCUT2D eigenvalue weighted by Crippen LogP contribution is -2.18. The molecule has 0 fully saturated rings. The Bertz CT molecular complexity index is 484. The third-order valence-electron chi connectivity index (χ3n) is 2.47. The van der Waals surface area contributed by atoms with E-state index < -0.39 is 0 Å². The fourth-order valence-electron chi connectivity index (χ4n) is 1.73. The number of aryl methyl sites for hydroxylation is 1. The highest BCUT2D eigenvalue weighted by Gasteiger charge is 2.27. The van der Waals surface area contributed by atoms with E-state index in [1.807, 2.05) is 13.0 Å². The van der Waals surface area contributed by atoms with Gasteiger partial charge in [0.05, 0.1) is 7.11 Å². The van der Waals surface area contributed by atoms with Crippen LogP contribution in [-0.4, -0.2) is 18.7 Å². The average Bonchev–Trinajstić information content (AvgIpc) is 2.23. The van der Waals surface area contributed by atoms with E-state index in [9.17, 15) is 9.59 Å². The lowest BCUT2D eigenvalue weighted by Gasteiger charge is -2.15. The molecular formula is C12H10O3. The van der Waals surface area contributed by atoms with E-state index in [0.717, 1.165) is 5.56 Å². The van der Waals surface area contributed by atoms with Crippen LogP contribution in [0.4, 0.5) is 0 Å². The number of benzene rings is 1. The first-order valence-electron chi connectivity index (χ1n) is 4.59. The summed E-state index contributed by atoms with van der Waals surface area (Å²) in [6.07, 6.45) is 1.25. The third-order valence-corrected chi connectivity index (χ3v) is 2.47. The second-order valence-corrected chi connectivity index (χ2v) is 3.40. The maximum absolute atomic E-state index is 11.8. The van der Waals surface area contributed by atoms with Gasteiger partial charge in [0.25, 0.3) is 0 Å². The van der Waals surface area contributed by atoms with Crippen LogP contribution in [0.3, 0.4) is 0 Å². The molecule has 0 amide bonds. The van der Waals surface area contributed by atoms with Gasteiger partial charge >= 0.3 is 0 Å². The lowest BCUT2D eigenvalue weighted by atomic mass is 9.90. The van der Waals surface area contributed by atoms with Crippen LogP contribution in [0.5, 0.6) is 0 Å². The van der Waals surface area contributed by atoms with Crippen LogP contribution in [0.1, 0.15) is 26.3 Å².